The molecule has 1 aliphatic rings. The van der Waals surface area contributed by atoms with E-state index in [1.807, 2.05) is 24.3 Å². The standard InChI is InChI=1S/C20H23Br2N3O5S/c1-29-17-5-2-13(3-6-17)10-24-20(26)30-12-16-9-15(11-23-16)25-31(27,28)19-8-14(21)4-7-18(19)22/h2-8,15-16,23,25H,9-12H2,1H3,(H,24,26)/t15-,16-/m1/s1. The lowest BCUT2D eigenvalue weighted by atomic mass is 10.2. The van der Waals surface area contributed by atoms with Gasteiger partial charge < -0.3 is 20.1 Å². The van der Waals surface area contributed by atoms with E-state index in [4.69, 9.17) is 9.47 Å². The van der Waals surface area contributed by atoms with E-state index >= 15 is 0 Å². The summed E-state index contributed by atoms with van der Waals surface area (Å²) in [5.74, 6) is 0.746. The quantitative estimate of drug-likeness (QED) is 0.446. The number of carbonyl (C=O) groups is 1. The number of alkyl carbamates (subject to hydrolysis) is 1. The number of halogens is 2. The summed E-state index contributed by atoms with van der Waals surface area (Å²) in [6.45, 7) is 0.935. The minimum Gasteiger partial charge on any atom is -0.497 e. The average Bonchev–Trinajstić information content (AvgIpc) is 3.19. The Morgan fingerprint density at radius 3 is 2.65 bits per heavy atom. The molecule has 0 aliphatic carbocycles. The molecule has 2 aromatic rings. The van der Waals surface area contributed by atoms with Crippen LogP contribution in [-0.4, -0.2) is 46.9 Å². The van der Waals surface area contributed by atoms with Crippen LogP contribution in [0.2, 0.25) is 0 Å². The number of hydrogen-bond donors (Lipinski definition) is 3. The molecule has 1 heterocycles. The SMILES string of the molecule is COc1ccc(CNC(=O)OC[C@H]2C[C@@H](NS(=O)(=O)c3cc(Br)ccc3Br)CN2)cc1. The first-order valence-corrected chi connectivity index (χ1v) is 12.6. The highest BCUT2D eigenvalue weighted by molar-refractivity contribution is 9.11. The molecule has 1 fully saturated rings. The number of benzene rings is 2. The van der Waals surface area contributed by atoms with Gasteiger partial charge in [0, 0.05) is 34.1 Å². The van der Waals surface area contributed by atoms with Crippen LogP contribution in [-0.2, 0) is 21.3 Å². The number of rotatable bonds is 8. The summed E-state index contributed by atoms with van der Waals surface area (Å²) in [5, 5.41) is 5.87. The zero-order valence-electron chi connectivity index (χ0n) is 16.7. The van der Waals surface area contributed by atoms with Crippen LogP contribution in [0, 0.1) is 0 Å². The summed E-state index contributed by atoms with van der Waals surface area (Å²) in [4.78, 5) is 12.1. The van der Waals surface area contributed by atoms with Crippen LogP contribution in [0.4, 0.5) is 4.79 Å². The van der Waals surface area contributed by atoms with Crippen LogP contribution in [0.3, 0.4) is 0 Å². The van der Waals surface area contributed by atoms with E-state index in [1.54, 1.807) is 25.3 Å². The molecule has 0 radical (unpaired) electrons. The van der Waals surface area contributed by atoms with E-state index in [9.17, 15) is 13.2 Å². The number of hydrogen-bond acceptors (Lipinski definition) is 6. The molecular weight excluding hydrogens is 554 g/mol. The Kier molecular flexibility index (Phi) is 8.34. The van der Waals surface area contributed by atoms with Crippen molar-refractivity contribution in [3.05, 3.63) is 57.0 Å². The Hall–Kier alpha value is -1.66. The minimum absolute atomic E-state index is 0.134. The molecule has 0 spiro atoms. The monoisotopic (exact) mass is 575 g/mol. The largest absolute Gasteiger partial charge is 0.497 e. The van der Waals surface area contributed by atoms with Crippen LogP contribution < -0.4 is 20.1 Å². The van der Waals surface area contributed by atoms with Gasteiger partial charge in [0.2, 0.25) is 10.0 Å². The first kappa shape index (κ1) is 24.0. The van der Waals surface area contributed by atoms with Crippen molar-refractivity contribution in [2.75, 3.05) is 20.3 Å². The van der Waals surface area contributed by atoms with Crippen LogP contribution in [0.25, 0.3) is 0 Å². The van der Waals surface area contributed by atoms with Crippen LogP contribution in [0.1, 0.15) is 12.0 Å². The van der Waals surface area contributed by atoms with E-state index in [1.165, 1.54) is 0 Å². The van der Waals surface area contributed by atoms with E-state index in [0.717, 1.165) is 11.3 Å². The van der Waals surface area contributed by atoms with Gasteiger partial charge in [0.05, 0.1) is 12.0 Å². The van der Waals surface area contributed by atoms with Crippen LogP contribution in [0.15, 0.2) is 56.3 Å². The molecule has 31 heavy (non-hydrogen) atoms. The summed E-state index contributed by atoms with van der Waals surface area (Å²) < 4.78 is 39.6. The van der Waals surface area contributed by atoms with Gasteiger partial charge in [0.15, 0.2) is 0 Å². The number of nitrogens with one attached hydrogen (secondary N) is 3. The second-order valence-electron chi connectivity index (χ2n) is 7.03. The smallest absolute Gasteiger partial charge is 0.407 e. The van der Waals surface area contributed by atoms with E-state index < -0.39 is 16.1 Å². The fourth-order valence-corrected chi connectivity index (χ4v) is 5.90. The molecule has 0 saturated carbocycles. The molecule has 2 atom stereocenters. The molecule has 0 aromatic heterocycles. The fraction of sp³-hybridized carbons (Fsp3) is 0.350. The Morgan fingerprint density at radius 2 is 1.94 bits per heavy atom. The summed E-state index contributed by atoms with van der Waals surface area (Å²) in [6, 6.07) is 11.9. The third-order valence-corrected chi connectivity index (χ3v) is 7.75. The molecule has 2 aromatic carbocycles. The van der Waals surface area contributed by atoms with Gasteiger partial charge in [0.25, 0.3) is 0 Å². The molecule has 11 heteroatoms. The van der Waals surface area contributed by atoms with Gasteiger partial charge in [-0.25, -0.2) is 17.9 Å². The van der Waals surface area contributed by atoms with Crippen LogP contribution >= 0.6 is 31.9 Å². The van der Waals surface area contributed by atoms with Crippen molar-refractivity contribution in [2.45, 2.75) is 29.9 Å². The molecule has 3 N–H and O–H groups in total. The first-order valence-electron chi connectivity index (χ1n) is 9.51. The van der Waals surface area contributed by atoms with Crippen molar-refractivity contribution >= 4 is 48.0 Å². The fourth-order valence-electron chi connectivity index (χ4n) is 3.15. The Bertz CT molecular complexity index is 1020. The van der Waals surface area contributed by atoms with Crippen molar-refractivity contribution in [1.82, 2.24) is 15.4 Å². The molecule has 1 aliphatic heterocycles. The predicted octanol–water partition coefficient (Wildman–Crippen LogP) is 3.16. The van der Waals surface area contributed by atoms with Crippen LogP contribution in [0.5, 0.6) is 5.75 Å². The van der Waals surface area contributed by atoms with Gasteiger partial charge in [-0.2, -0.15) is 0 Å². The van der Waals surface area contributed by atoms with Crippen molar-refractivity contribution in [3.8, 4) is 5.75 Å². The number of carbonyl (C=O) groups excluding carboxylic acids is 1. The minimum atomic E-state index is -3.69. The number of ether oxygens (including phenoxy) is 2. The molecule has 3 rings (SSSR count). The molecule has 168 valence electrons. The topological polar surface area (TPSA) is 106 Å². The summed E-state index contributed by atoms with van der Waals surface area (Å²) in [6.07, 6.45) is -0.0175. The maximum Gasteiger partial charge on any atom is 0.407 e. The van der Waals surface area contributed by atoms with Gasteiger partial charge >= 0.3 is 6.09 Å². The van der Waals surface area contributed by atoms with Crippen molar-refractivity contribution in [3.63, 3.8) is 0 Å². The number of sulfonamides is 1. The van der Waals surface area contributed by atoms with Crippen molar-refractivity contribution in [2.24, 2.45) is 0 Å². The third-order valence-electron chi connectivity index (χ3n) is 4.74. The summed E-state index contributed by atoms with van der Waals surface area (Å²) in [7, 11) is -2.10. The molecule has 1 saturated heterocycles. The van der Waals surface area contributed by atoms with Gasteiger partial charge in [-0.1, -0.05) is 28.1 Å². The van der Waals surface area contributed by atoms with Crippen molar-refractivity contribution in [1.29, 1.82) is 0 Å². The number of methoxy groups -OCH3 is 1. The normalized spacial score (nSPS) is 18.5. The predicted molar refractivity (Wildman–Crippen MR) is 124 cm³/mol. The van der Waals surface area contributed by atoms with E-state index in [2.05, 4.69) is 47.2 Å². The lowest BCUT2D eigenvalue weighted by Gasteiger charge is -2.14. The maximum absolute atomic E-state index is 12.7. The lowest BCUT2D eigenvalue weighted by Crippen LogP contribution is -2.36. The average molecular weight is 577 g/mol. The van der Waals surface area contributed by atoms with Gasteiger partial charge in [0.1, 0.15) is 12.4 Å². The Morgan fingerprint density at radius 1 is 1.19 bits per heavy atom. The van der Waals surface area contributed by atoms with Crippen molar-refractivity contribution < 1.29 is 22.7 Å². The number of amides is 1. The first-order chi connectivity index (χ1) is 14.8. The highest BCUT2D eigenvalue weighted by Crippen LogP contribution is 2.26. The Balaban J connectivity index is 1.43. The Labute approximate surface area is 198 Å². The van der Waals surface area contributed by atoms with Gasteiger partial charge in [-0.15, -0.1) is 0 Å². The molecule has 0 bridgehead atoms. The molecular formula is C20H23Br2N3O5S. The third kappa shape index (κ3) is 6.91. The maximum atomic E-state index is 12.7. The zero-order chi connectivity index (χ0) is 22.4. The lowest BCUT2D eigenvalue weighted by molar-refractivity contribution is 0.135. The highest BCUT2D eigenvalue weighted by atomic mass is 79.9. The molecule has 1 amide bonds. The van der Waals surface area contributed by atoms with Gasteiger partial charge in [-0.3, -0.25) is 0 Å². The van der Waals surface area contributed by atoms with Gasteiger partial charge in [-0.05, 0) is 58.2 Å². The summed E-state index contributed by atoms with van der Waals surface area (Å²) >= 11 is 6.57. The summed E-state index contributed by atoms with van der Waals surface area (Å²) in [5.41, 5.74) is 0.921. The highest BCUT2D eigenvalue weighted by Gasteiger charge is 2.30. The second kappa shape index (κ2) is 10.8. The second-order valence-corrected chi connectivity index (χ2v) is 10.5. The van der Waals surface area contributed by atoms with E-state index in [-0.39, 0.29) is 23.6 Å². The zero-order valence-corrected chi connectivity index (χ0v) is 20.7. The van der Waals surface area contributed by atoms with E-state index in [0.29, 0.717) is 28.5 Å². The molecule has 0 unspecified atom stereocenters. The molecule has 8 nitrogen and oxygen atoms in total.